The molecule has 0 spiro atoms. The van der Waals surface area contributed by atoms with Crippen LogP contribution < -0.4 is 10.1 Å². The van der Waals surface area contributed by atoms with Gasteiger partial charge in [-0.15, -0.1) is 13.2 Å². The molecule has 0 heterocycles. The predicted molar refractivity (Wildman–Crippen MR) is 61.1 cm³/mol. The molecule has 0 aliphatic rings. The van der Waals surface area contributed by atoms with E-state index in [0.717, 1.165) is 0 Å². The minimum Gasteiger partial charge on any atom is -0.404 e. The number of alkyl halides is 3. The van der Waals surface area contributed by atoms with Crippen molar-refractivity contribution in [2.24, 2.45) is 0 Å². The highest BCUT2D eigenvalue weighted by Gasteiger charge is 2.31. The van der Waals surface area contributed by atoms with Crippen LogP contribution in [0.4, 0.5) is 18.9 Å². The predicted octanol–water partition coefficient (Wildman–Crippen LogP) is 3.69. The van der Waals surface area contributed by atoms with Crippen molar-refractivity contribution < 1.29 is 17.9 Å². The average Bonchev–Trinajstić information content (AvgIpc) is 2.29. The van der Waals surface area contributed by atoms with Crippen LogP contribution in [0.1, 0.15) is 19.3 Å². The van der Waals surface area contributed by atoms with E-state index in [1.165, 1.54) is 18.2 Å². The molecule has 0 aliphatic heterocycles. The third-order valence-corrected chi connectivity index (χ3v) is 2.14. The Bertz CT molecular complexity index is 413. The van der Waals surface area contributed by atoms with Crippen molar-refractivity contribution in [1.82, 2.24) is 0 Å². The summed E-state index contributed by atoms with van der Waals surface area (Å²) in [7, 11) is 0. The van der Waals surface area contributed by atoms with E-state index in [4.69, 9.17) is 5.26 Å². The van der Waals surface area contributed by atoms with Gasteiger partial charge in [-0.2, -0.15) is 5.26 Å². The van der Waals surface area contributed by atoms with E-state index in [9.17, 15) is 13.2 Å². The van der Waals surface area contributed by atoms with Crippen molar-refractivity contribution in [1.29, 1.82) is 5.26 Å². The second kappa shape index (κ2) is 6.74. The van der Waals surface area contributed by atoms with Crippen molar-refractivity contribution in [3.8, 4) is 11.8 Å². The lowest BCUT2D eigenvalue weighted by Crippen LogP contribution is -2.18. The van der Waals surface area contributed by atoms with Crippen LogP contribution in [0.15, 0.2) is 24.3 Å². The number of hydrogen-bond donors (Lipinski definition) is 1. The molecule has 0 fully saturated rings. The van der Waals surface area contributed by atoms with Gasteiger partial charge in [0.1, 0.15) is 0 Å². The van der Waals surface area contributed by atoms with E-state index < -0.39 is 6.36 Å². The van der Waals surface area contributed by atoms with Gasteiger partial charge < -0.3 is 10.1 Å². The summed E-state index contributed by atoms with van der Waals surface area (Å²) in [6, 6.07) is 7.88. The molecule has 0 atom stereocenters. The number of halogens is 3. The fraction of sp³-hybridized carbons (Fsp3) is 0.417. The highest BCUT2D eigenvalue weighted by molar-refractivity contribution is 5.56. The van der Waals surface area contributed by atoms with Crippen molar-refractivity contribution in [3.63, 3.8) is 0 Å². The molecular weight excluding hydrogens is 245 g/mol. The van der Waals surface area contributed by atoms with Gasteiger partial charge in [-0.25, -0.2) is 0 Å². The minimum absolute atomic E-state index is 0.245. The summed E-state index contributed by atoms with van der Waals surface area (Å²) in [5, 5.41) is 11.2. The van der Waals surface area contributed by atoms with Gasteiger partial charge in [0, 0.05) is 13.0 Å². The summed E-state index contributed by atoms with van der Waals surface area (Å²) in [6.45, 7) is 0.500. The molecule has 0 saturated heterocycles. The summed E-state index contributed by atoms with van der Waals surface area (Å²) in [6.07, 6.45) is -2.82. The monoisotopic (exact) mass is 258 g/mol. The molecule has 18 heavy (non-hydrogen) atoms. The summed E-state index contributed by atoms with van der Waals surface area (Å²) in [4.78, 5) is 0. The number of nitrogens with one attached hydrogen (secondary N) is 1. The number of ether oxygens (including phenoxy) is 1. The van der Waals surface area contributed by atoms with E-state index in [2.05, 4.69) is 10.1 Å². The maximum absolute atomic E-state index is 12.1. The number of nitriles is 1. The van der Waals surface area contributed by atoms with E-state index in [0.29, 0.717) is 31.5 Å². The first-order chi connectivity index (χ1) is 8.53. The summed E-state index contributed by atoms with van der Waals surface area (Å²) < 4.78 is 40.3. The molecule has 1 rings (SSSR count). The third-order valence-electron chi connectivity index (χ3n) is 2.14. The second-order valence-electron chi connectivity index (χ2n) is 3.59. The Hall–Kier alpha value is -1.90. The lowest BCUT2D eigenvalue weighted by atomic mass is 10.2. The van der Waals surface area contributed by atoms with Crippen molar-refractivity contribution in [2.45, 2.75) is 25.6 Å². The second-order valence-corrected chi connectivity index (χ2v) is 3.59. The van der Waals surface area contributed by atoms with Gasteiger partial charge in [0.25, 0.3) is 0 Å². The van der Waals surface area contributed by atoms with Crippen LogP contribution in [0.3, 0.4) is 0 Å². The first kappa shape index (κ1) is 14.2. The van der Waals surface area contributed by atoms with Crippen molar-refractivity contribution in [2.75, 3.05) is 11.9 Å². The van der Waals surface area contributed by atoms with Gasteiger partial charge in [0.2, 0.25) is 0 Å². The fourth-order valence-corrected chi connectivity index (χ4v) is 1.38. The molecule has 0 radical (unpaired) electrons. The maximum atomic E-state index is 12.1. The van der Waals surface area contributed by atoms with Gasteiger partial charge in [0.05, 0.1) is 11.8 Å². The van der Waals surface area contributed by atoms with Crippen LogP contribution in [0.5, 0.6) is 5.75 Å². The highest BCUT2D eigenvalue weighted by Crippen LogP contribution is 2.29. The molecule has 1 aromatic rings. The van der Waals surface area contributed by atoms with Crippen LogP contribution in [0.25, 0.3) is 0 Å². The normalized spacial score (nSPS) is 10.8. The number of anilines is 1. The highest BCUT2D eigenvalue weighted by atomic mass is 19.4. The molecule has 0 aromatic heterocycles. The number of unbranched alkanes of at least 4 members (excludes halogenated alkanes) is 2. The first-order valence-electron chi connectivity index (χ1n) is 5.48. The molecule has 3 nitrogen and oxygen atoms in total. The third kappa shape index (κ3) is 5.43. The first-order valence-corrected chi connectivity index (χ1v) is 5.48. The van der Waals surface area contributed by atoms with Crippen LogP contribution >= 0.6 is 0 Å². The largest absolute Gasteiger partial charge is 0.573 e. The van der Waals surface area contributed by atoms with Gasteiger partial charge >= 0.3 is 6.36 Å². The summed E-state index contributed by atoms with van der Waals surface area (Å²) >= 11 is 0. The van der Waals surface area contributed by atoms with E-state index >= 15 is 0 Å². The zero-order chi connectivity index (χ0) is 13.4. The zero-order valence-electron chi connectivity index (χ0n) is 9.63. The van der Waals surface area contributed by atoms with Gasteiger partial charge in [-0.1, -0.05) is 12.1 Å². The molecule has 0 unspecified atom stereocenters. The molecule has 0 bridgehead atoms. The lowest BCUT2D eigenvalue weighted by Gasteiger charge is -2.14. The number of nitrogens with zero attached hydrogens (tertiary/aromatic N) is 1. The molecule has 6 heteroatoms. The Morgan fingerprint density at radius 1 is 1.22 bits per heavy atom. The number of benzene rings is 1. The van der Waals surface area contributed by atoms with E-state index in [-0.39, 0.29) is 5.75 Å². The van der Waals surface area contributed by atoms with E-state index in [1.54, 1.807) is 6.07 Å². The Labute approximate surface area is 103 Å². The molecule has 98 valence electrons. The molecular formula is C12H13F3N2O. The molecule has 1 N–H and O–H groups in total. The van der Waals surface area contributed by atoms with Crippen LogP contribution in [-0.4, -0.2) is 12.9 Å². The van der Waals surface area contributed by atoms with Gasteiger partial charge in [0.15, 0.2) is 5.75 Å². The molecule has 1 aromatic carbocycles. The SMILES string of the molecule is N#CCCCCNc1ccccc1OC(F)(F)F. The number of hydrogen-bond acceptors (Lipinski definition) is 3. The van der Waals surface area contributed by atoms with Gasteiger partial charge in [-0.3, -0.25) is 0 Å². The Morgan fingerprint density at radius 2 is 1.94 bits per heavy atom. The standard InChI is InChI=1S/C12H13F3N2O/c13-12(14,15)18-11-7-3-2-6-10(11)17-9-5-1-4-8-16/h2-3,6-7,17H,1,4-5,9H2. The fourth-order valence-electron chi connectivity index (χ4n) is 1.38. The lowest BCUT2D eigenvalue weighted by molar-refractivity contribution is -0.274. The quantitative estimate of drug-likeness (QED) is 0.791. The van der Waals surface area contributed by atoms with E-state index in [1.807, 2.05) is 6.07 Å². The van der Waals surface area contributed by atoms with Crippen LogP contribution in [0.2, 0.25) is 0 Å². The van der Waals surface area contributed by atoms with Crippen LogP contribution in [0, 0.1) is 11.3 Å². The minimum atomic E-state index is -4.70. The Kier molecular flexibility index (Phi) is 5.31. The maximum Gasteiger partial charge on any atom is 0.573 e. The Balaban J connectivity index is 2.52. The summed E-state index contributed by atoms with van der Waals surface area (Å²) in [5.41, 5.74) is 0.298. The average molecular weight is 258 g/mol. The van der Waals surface area contributed by atoms with Crippen molar-refractivity contribution >= 4 is 5.69 Å². The topological polar surface area (TPSA) is 45.0 Å². The zero-order valence-corrected chi connectivity index (χ0v) is 9.63. The number of para-hydroxylation sites is 2. The van der Waals surface area contributed by atoms with Gasteiger partial charge in [-0.05, 0) is 25.0 Å². The van der Waals surface area contributed by atoms with Crippen LogP contribution in [-0.2, 0) is 0 Å². The Morgan fingerprint density at radius 3 is 2.61 bits per heavy atom. The molecule has 0 saturated carbocycles. The summed E-state index contributed by atoms with van der Waals surface area (Å²) in [5.74, 6) is -0.245. The molecule has 0 aliphatic carbocycles. The smallest absolute Gasteiger partial charge is 0.404 e. The molecule has 0 amide bonds. The number of rotatable bonds is 6. The van der Waals surface area contributed by atoms with Crippen molar-refractivity contribution in [3.05, 3.63) is 24.3 Å².